The predicted molar refractivity (Wildman–Crippen MR) is 88.1 cm³/mol. The Morgan fingerprint density at radius 3 is 2.48 bits per heavy atom. The average Bonchev–Trinajstić information content (AvgIpc) is 2.98. The number of aromatic nitrogens is 1. The SMILES string of the molecule is CC(C)(C)N1CCCC1c1ccccc1-c1ccncc1. The van der Waals surface area contributed by atoms with Crippen molar-refractivity contribution in [3.05, 3.63) is 54.4 Å². The Balaban J connectivity index is 2.03. The Labute approximate surface area is 127 Å². The van der Waals surface area contributed by atoms with E-state index in [1.165, 1.54) is 36.1 Å². The Hall–Kier alpha value is -1.67. The van der Waals surface area contributed by atoms with E-state index >= 15 is 0 Å². The summed E-state index contributed by atoms with van der Waals surface area (Å²) in [5.41, 5.74) is 4.28. The Bertz CT molecular complexity index is 598. The van der Waals surface area contributed by atoms with Gasteiger partial charge in [-0.25, -0.2) is 0 Å². The number of hydrogen-bond acceptors (Lipinski definition) is 2. The second-order valence-electron chi connectivity index (χ2n) is 6.85. The van der Waals surface area contributed by atoms with E-state index in [9.17, 15) is 0 Å². The van der Waals surface area contributed by atoms with Gasteiger partial charge in [0.05, 0.1) is 0 Å². The number of likely N-dealkylation sites (tertiary alicyclic amines) is 1. The number of nitrogens with zero attached hydrogens (tertiary/aromatic N) is 2. The van der Waals surface area contributed by atoms with Crippen LogP contribution in [0.25, 0.3) is 11.1 Å². The van der Waals surface area contributed by atoms with Gasteiger partial charge in [-0.1, -0.05) is 24.3 Å². The molecule has 0 N–H and O–H groups in total. The summed E-state index contributed by atoms with van der Waals surface area (Å²) in [6, 6.07) is 13.6. The highest BCUT2D eigenvalue weighted by atomic mass is 15.2. The maximum absolute atomic E-state index is 4.14. The first-order chi connectivity index (χ1) is 10.1. The van der Waals surface area contributed by atoms with Crippen LogP contribution in [0.3, 0.4) is 0 Å². The van der Waals surface area contributed by atoms with Crippen LogP contribution in [-0.4, -0.2) is 22.0 Å². The van der Waals surface area contributed by atoms with Gasteiger partial charge in [-0.2, -0.15) is 0 Å². The first-order valence-corrected chi connectivity index (χ1v) is 7.83. The second-order valence-corrected chi connectivity index (χ2v) is 6.85. The minimum atomic E-state index is 0.215. The van der Waals surface area contributed by atoms with E-state index in [4.69, 9.17) is 0 Å². The summed E-state index contributed by atoms with van der Waals surface area (Å²) >= 11 is 0. The molecule has 0 amide bonds. The van der Waals surface area contributed by atoms with Crippen molar-refractivity contribution in [2.75, 3.05) is 6.54 Å². The minimum Gasteiger partial charge on any atom is -0.291 e. The van der Waals surface area contributed by atoms with Crippen LogP contribution in [0.2, 0.25) is 0 Å². The first kappa shape index (κ1) is 14.3. The highest BCUT2D eigenvalue weighted by Crippen LogP contribution is 2.40. The summed E-state index contributed by atoms with van der Waals surface area (Å²) in [6.45, 7) is 8.15. The van der Waals surface area contributed by atoms with Crippen LogP contribution >= 0.6 is 0 Å². The van der Waals surface area contributed by atoms with Crippen LogP contribution in [0.15, 0.2) is 48.8 Å². The Morgan fingerprint density at radius 1 is 1.05 bits per heavy atom. The normalized spacial score (nSPS) is 19.9. The molecule has 1 unspecified atom stereocenters. The maximum Gasteiger partial charge on any atom is 0.0359 e. The van der Waals surface area contributed by atoms with E-state index in [1.54, 1.807) is 0 Å². The molecule has 1 fully saturated rings. The summed E-state index contributed by atoms with van der Waals surface area (Å²) in [5, 5.41) is 0. The fourth-order valence-electron chi connectivity index (χ4n) is 3.47. The largest absolute Gasteiger partial charge is 0.291 e. The van der Waals surface area contributed by atoms with Crippen molar-refractivity contribution in [2.24, 2.45) is 0 Å². The van der Waals surface area contributed by atoms with E-state index < -0.39 is 0 Å². The highest BCUT2D eigenvalue weighted by Gasteiger charge is 2.34. The zero-order valence-electron chi connectivity index (χ0n) is 13.2. The second kappa shape index (κ2) is 5.61. The minimum absolute atomic E-state index is 0.215. The van der Waals surface area contributed by atoms with Gasteiger partial charge in [-0.05, 0) is 69.0 Å². The third-order valence-electron chi connectivity index (χ3n) is 4.43. The van der Waals surface area contributed by atoms with Crippen LogP contribution in [0, 0.1) is 0 Å². The van der Waals surface area contributed by atoms with Crippen molar-refractivity contribution >= 4 is 0 Å². The van der Waals surface area contributed by atoms with Gasteiger partial charge in [0, 0.05) is 24.0 Å². The van der Waals surface area contributed by atoms with Gasteiger partial charge in [-0.3, -0.25) is 9.88 Å². The molecule has 1 aliphatic rings. The lowest BCUT2D eigenvalue weighted by Crippen LogP contribution is -2.40. The van der Waals surface area contributed by atoms with Crippen LogP contribution in [-0.2, 0) is 0 Å². The molecule has 2 heteroatoms. The molecule has 2 nitrogen and oxygen atoms in total. The van der Waals surface area contributed by atoms with E-state index in [0.29, 0.717) is 6.04 Å². The highest BCUT2D eigenvalue weighted by molar-refractivity contribution is 5.67. The lowest BCUT2D eigenvalue weighted by molar-refractivity contribution is 0.122. The van der Waals surface area contributed by atoms with Gasteiger partial charge in [0.25, 0.3) is 0 Å². The molecule has 1 aromatic heterocycles. The summed E-state index contributed by atoms with van der Waals surface area (Å²) in [6.07, 6.45) is 6.29. The van der Waals surface area contributed by atoms with Gasteiger partial charge >= 0.3 is 0 Å². The average molecular weight is 280 g/mol. The van der Waals surface area contributed by atoms with Crippen molar-refractivity contribution in [3.8, 4) is 11.1 Å². The van der Waals surface area contributed by atoms with Crippen molar-refractivity contribution in [2.45, 2.75) is 45.2 Å². The standard InChI is InChI=1S/C19H24N2/c1-19(2,3)21-14-6-9-18(21)17-8-5-4-7-16(17)15-10-12-20-13-11-15/h4-5,7-8,10-13,18H,6,9,14H2,1-3H3. The van der Waals surface area contributed by atoms with E-state index in [-0.39, 0.29) is 5.54 Å². The van der Waals surface area contributed by atoms with Crippen LogP contribution < -0.4 is 0 Å². The summed E-state index contributed by atoms with van der Waals surface area (Å²) < 4.78 is 0. The van der Waals surface area contributed by atoms with Crippen molar-refractivity contribution in [1.29, 1.82) is 0 Å². The molecule has 0 aliphatic carbocycles. The first-order valence-electron chi connectivity index (χ1n) is 7.83. The Kier molecular flexibility index (Phi) is 3.81. The van der Waals surface area contributed by atoms with Crippen molar-refractivity contribution in [3.63, 3.8) is 0 Å². The molecule has 1 aromatic carbocycles. The number of rotatable bonds is 2. The molecule has 0 spiro atoms. The molecule has 21 heavy (non-hydrogen) atoms. The third kappa shape index (κ3) is 2.86. The molecule has 3 rings (SSSR count). The van der Waals surface area contributed by atoms with Gasteiger partial charge < -0.3 is 0 Å². The zero-order chi connectivity index (χ0) is 14.9. The Morgan fingerprint density at radius 2 is 1.76 bits per heavy atom. The molecular weight excluding hydrogens is 256 g/mol. The molecule has 1 saturated heterocycles. The number of pyridine rings is 1. The smallest absolute Gasteiger partial charge is 0.0359 e. The van der Waals surface area contributed by atoms with E-state index in [2.05, 4.69) is 67.1 Å². The van der Waals surface area contributed by atoms with Gasteiger partial charge in [-0.15, -0.1) is 0 Å². The van der Waals surface area contributed by atoms with Gasteiger partial charge in [0.2, 0.25) is 0 Å². The molecule has 2 aromatic rings. The van der Waals surface area contributed by atoms with Crippen molar-refractivity contribution in [1.82, 2.24) is 9.88 Å². The van der Waals surface area contributed by atoms with Crippen LogP contribution in [0.1, 0.15) is 45.2 Å². The molecule has 0 bridgehead atoms. The zero-order valence-corrected chi connectivity index (χ0v) is 13.2. The molecule has 2 heterocycles. The van der Waals surface area contributed by atoms with Crippen LogP contribution in [0.4, 0.5) is 0 Å². The fourth-order valence-corrected chi connectivity index (χ4v) is 3.47. The van der Waals surface area contributed by atoms with Crippen LogP contribution in [0.5, 0.6) is 0 Å². The quantitative estimate of drug-likeness (QED) is 0.793. The van der Waals surface area contributed by atoms with Gasteiger partial charge in [0.1, 0.15) is 0 Å². The number of benzene rings is 1. The lowest BCUT2D eigenvalue weighted by Gasteiger charge is -2.38. The molecular formula is C19H24N2. The maximum atomic E-state index is 4.14. The van der Waals surface area contributed by atoms with Crippen molar-refractivity contribution < 1.29 is 0 Å². The summed E-state index contributed by atoms with van der Waals surface area (Å²) in [5.74, 6) is 0. The van der Waals surface area contributed by atoms with E-state index in [1.807, 2.05) is 12.4 Å². The third-order valence-corrected chi connectivity index (χ3v) is 4.43. The monoisotopic (exact) mass is 280 g/mol. The molecule has 1 aliphatic heterocycles. The van der Waals surface area contributed by atoms with E-state index in [0.717, 1.165) is 0 Å². The summed E-state index contributed by atoms with van der Waals surface area (Å²) in [4.78, 5) is 6.79. The summed E-state index contributed by atoms with van der Waals surface area (Å²) in [7, 11) is 0. The predicted octanol–water partition coefficient (Wildman–Crippen LogP) is 4.68. The van der Waals surface area contributed by atoms with Gasteiger partial charge in [0.15, 0.2) is 0 Å². The fraction of sp³-hybridized carbons (Fsp3) is 0.421. The molecule has 110 valence electrons. The molecule has 1 atom stereocenters. The molecule has 0 saturated carbocycles. The lowest BCUT2D eigenvalue weighted by atomic mass is 9.92. The number of hydrogen-bond donors (Lipinski definition) is 0. The topological polar surface area (TPSA) is 16.1 Å². The molecule has 0 radical (unpaired) electrons.